The highest BCUT2D eigenvalue weighted by Crippen LogP contribution is 2.20. The zero-order valence-corrected chi connectivity index (χ0v) is 9.42. The predicted molar refractivity (Wildman–Crippen MR) is 68.9 cm³/mol. The second-order valence-electron chi connectivity index (χ2n) is 3.58. The fraction of sp³-hybridized carbons (Fsp3) is 0. The Morgan fingerprint density at radius 1 is 1.39 bits per heavy atom. The zero-order chi connectivity index (χ0) is 13.0. The summed E-state index contributed by atoms with van der Waals surface area (Å²) in [6.45, 7) is 0. The average Bonchev–Trinajstić information content (AvgIpc) is 2.39. The minimum atomic E-state index is -1.01. The number of aromatic nitrogens is 1. The van der Waals surface area contributed by atoms with E-state index >= 15 is 0 Å². The summed E-state index contributed by atoms with van der Waals surface area (Å²) >= 11 is 0. The van der Waals surface area contributed by atoms with Crippen LogP contribution in [0.25, 0.3) is 0 Å². The van der Waals surface area contributed by atoms with Crippen LogP contribution < -0.4 is 5.32 Å². The van der Waals surface area contributed by atoms with Gasteiger partial charge in [-0.25, -0.2) is 4.79 Å². The number of hydrogen-bond donors (Lipinski definition) is 2. The third-order valence-corrected chi connectivity index (χ3v) is 2.36. The first-order valence-electron chi connectivity index (χ1n) is 5.21. The zero-order valence-electron chi connectivity index (χ0n) is 9.42. The molecular weight excluding hydrogens is 228 g/mol. The first kappa shape index (κ1) is 11.7. The predicted octanol–water partition coefficient (Wildman–Crippen LogP) is 2.50. The summed E-state index contributed by atoms with van der Waals surface area (Å²) in [6.07, 6.45) is 8.21. The van der Waals surface area contributed by atoms with Gasteiger partial charge in [-0.2, -0.15) is 0 Å². The van der Waals surface area contributed by atoms with E-state index in [-0.39, 0.29) is 5.56 Å². The third-order valence-electron chi connectivity index (χ3n) is 2.36. The van der Waals surface area contributed by atoms with Crippen LogP contribution in [-0.2, 0) is 0 Å². The van der Waals surface area contributed by atoms with Crippen molar-refractivity contribution in [3.8, 4) is 12.3 Å². The summed E-state index contributed by atoms with van der Waals surface area (Å²) in [5, 5.41) is 12.0. The van der Waals surface area contributed by atoms with E-state index in [0.29, 0.717) is 5.69 Å². The molecule has 0 atom stereocenters. The molecule has 0 amide bonds. The molecule has 4 nitrogen and oxygen atoms in total. The number of benzene rings is 1. The SMILES string of the molecule is C#Cc1cccc(Nc2cnccc2C(=O)O)c1. The lowest BCUT2D eigenvalue weighted by Crippen LogP contribution is -2.03. The monoisotopic (exact) mass is 238 g/mol. The number of carboxylic acids is 1. The molecule has 2 aromatic rings. The summed E-state index contributed by atoms with van der Waals surface area (Å²) < 4.78 is 0. The lowest BCUT2D eigenvalue weighted by Gasteiger charge is -2.08. The van der Waals surface area contributed by atoms with Gasteiger partial charge in [0, 0.05) is 17.4 Å². The molecule has 0 saturated carbocycles. The van der Waals surface area contributed by atoms with Crippen molar-refractivity contribution in [1.82, 2.24) is 4.98 Å². The summed E-state index contributed by atoms with van der Waals surface area (Å²) in [5.41, 5.74) is 2.04. The van der Waals surface area contributed by atoms with Gasteiger partial charge in [-0.1, -0.05) is 12.0 Å². The molecule has 0 aliphatic rings. The maximum Gasteiger partial charge on any atom is 0.337 e. The summed E-state index contributed by atoms with van der Waals surface area (Å²) in [7, 11) is 0. The molecule has 0 aliphatic heterocycles. The van der Waals surface area contributed by atoms with Crippen molar-refractivity contribution in [3.63, 3.8) is 0 Å². The summed E-state index contributed by atoms with van der Waals surface area (Å²) in [4.78, 5) is 14.9. The Hall–Kier alpha value is -2.80. The van der Waals surface area contributed by atoms with Gasteiger partial charge in [0.25, 0.3) is 0 Å². The van der Waals surface area contributed by atoms with E-state index in [2.05, 4.69) is 16.2 Å². The number of nitrogens with one attached hydrogen (secondary N) is 1. The van der Waals surface area contributed by atoms with E-state index < -0.39 is 5.97 Å². The van der Waals surface area contributed by atoms with Gasteiger partial charge in [-0.05, 0) is 24.3 Å². The highest BCUT2D eigenvalue weighted by Gasteiger charge is 2.09. The first-order valence-corrected chi connectivity index (χ1v) is 5.21. The highest BCUT2D eigenvalue weighted by atomic mass is 16.4. The lowest BCUT2D eigenvalue weighted by molar-refractivity contribution is 0.0698. The molecular formula is C14H10N2O2. The van der Waals surface area contributed by atoms with Crippen LogP contribution in [-0.4, -0.2) is 16.1 Å². The van der Waals surface area contributed by atoms with Gasteiger partial charge in [0.2, 0.25) is 0 Å². The van der Waals surface area contributed by atoms with Crippen LogP contribution in [0.4, 0.5) is 11.4 Å². The van der Waals surface area contributed by atoms with E-state index in [1.165, 1.54) is 18.5 Å². The minimum Gasteiger partial charge on any atom is -0.478 e. The van der Waals surface area contributed by atoms with E-state index in [1.54, 1.807) is 24.3 Å². The van der Waals surface area contributed by atoms with Crippen LogP contribution in [0.2, 0.25) is 0 Å². The quantitative estimate of drug-likeness (QED) is 0.806. The standard InChI is InChI=1S/C14H10N2O2/c1-2-10-4-3-5-11(8-10)16-13-9-15-7-6-12(13)14(17)18/h1,3-9,16H,(H,17,18). The van der Waals surface area contributed by atoms with Gasteiger partial charge in [0.1, 0.15) is 0 Å². The topological polar surface area (TPSA) is 62.2 Å². The molecule has 1 aromatic heterocycles. The summed E-state index contributed by atoms with van der Waals surface area (Å²) in [6, 6.07) is 8.61. The molecule has 0 aliphatic carbocycles. The van der Waals surface area contributed by atoms with E-state index in [1.807, 2.05) is 0 Å². The molecule has 0 saturated heterocycles. The van der Waals surface area contributed by atoms with Crippen LogP contribution in [0.5, 0.6) is 0 Å². The average molecular weight is 238 g/mol. The van der Waals surface area contributed by atoms with Crippen molar-refractivity contribution in [2.24, 2.45) is 0 Å². The van der Waals surface area contributed by atoms with E-state index in [0.717, 1.165) is 11.3 Å². The van der Waals surface area contributed by atoms with Crippen molar-refractivity contribution in [2.75, 3.05) is 5.32 Å². The van der Waals surface area contributed by atoms with Gasteiger partial charge in [0.15, 0.2) is 0 Å². The Morgan fingerprint density at radius 3 is 2.94 bits per heavy atom. The molecule has 0 fully saturated rings. The maximum atomic E-state index is 11.0. The Balaban J connectivity index is 2.34. The number of rotatable bonds is 3. The van der Waals surface area contributed by atoms with Crippen molar-refractivity contribution in [2.45, 2.75) is 0 Å². The lowest BCUT2D eigenvalue weighted by atomic mass is 10.2. The molecule has 0 radical (unpaired) electrons. The number of nitrogens with zero attached hydrogens (tertiary/aromatic N) is 1. The molecule has 18 heavy (non-hydrogen) atoms. The molecule has 1 heterocycles. The number of hydrogen-bond acceptors (Lipinski definition) is 3. The molecule has 0 spiro atoms. The summed E-state index contributed by atoms with van der Waals surface area (Å²) in [5.74, 6) is 1.51. The molecule has 2 rings (SSSR count). The van der Waals surface area contributed by atoms with Crippen molar-refractivity contribution in [1.29, 1.82) is 0 Å². The minimum absolute atomic E-state index is 0.163. The molecule has 2 N–H and O–H groups in total. The number of carboxylic acid groups (broad SMARTS) is 1. The van der Waals surface area contributed by atoms with Crippen molar-refractivity contribution in [3.05, 3.63) is 53.9 Å². The number of carbonyl (C=O) groups is 1. The van der Waals surface area contributed by atoms with Crippen LogP contribution in [0.15, 0.2) is 42.7 Å². The van der Waals surface area contributed by atoms with E-state index in [4.69, 9.17) is 11.5 Å². The second kappa shape index (κ2) is 5.02. The molecule has 1 aromatic carbocycles. The van der Waals surface area contributed by atoms with Gasteiger partial charge in [-0.15, -0.1) is 6.42 Å². The Labute approximate surface area is 104 Å². The molecule has 88 valence electrons. The first-order chi connectivity index (χ1) is 8.70. The largest absolute Gasteiger partial charge is 0.478 e. The van der Waals surface area contributed by atoms with Crippen LogP contribution >= 0.6 is 0 Å². The molecule has 0 unspecified atom stereocenters. The fourth-order valence-electron chi connectivity index (χ4n) is 1.52. The van der Waals surface area contributed by atoms with Crippen molar-refractivity contribution >= 4 is 17.3 Å². The number of anilines is 2. The normalized spacial score (nSPS) is 9.50. The van der Waals surface area contributed by atoms with Gasteiger partial charge in [-0.3, -0.25) is 4.98 Å². The smallest absolute Gasteiger partial charge is 0.337 e. The Morgan fingerprint density at radius 2 is 2.22 bits per heavy atom. The van der Waals surface area contributed by atoms with E-state index in [9.17, 15) is 4.79 Å². The second-order valence-corrected chi connectivity index (χ2v) is 3.58. The Kier molecular flexibility index (Phi) is 3.26. The Bertz CT molecular complexity index is 630. The number of aromatic carboxylic acids is 1. The number of terminal acetylenes is 1. The van der Waals surface area contributed by atoms with Gasteiger partial charge >= 0.3 is 5.97 Å². The van der Waals surface area contributed by atoms with Crippen LogP contribution in [0.3, 0.4) is 0 Å². The molecule has 4 heteroatoms. The maximum absolute atomic E-state index is 11.0. The van der Waals surface area contributed by atoms with Crippen molar-refractivity contribution < 1.29 is 9.90 Å². The van der Waals surface area contributed by atoms with Crippen LogP contribution in [0, 0.1) is 12.3 Å². The fourth-order valence-corrected chi connectivity index (χ4v) is 1.52. The van der Waals surface area contributed by atoms with Crippen LogP contribution in [0.1, 0.15) is 15.9 Å². The van der Waals surface area contributed by atoms with Gasteiger partial charge < -0.3 is 10.4 Å². The molecule has 0 bridgehead atoms. The number of pyridine rings is 1. The third kappa shape index (κ3) is 2.47. The highest BCUT2D eigenvalue weighted by molar-refractivity contribution is 5.94. The van der Waals surface area contributed by atoms with Gasteiger partial charge in [0.05, 0.1) is 17.4 Å².